The fourth-order valence-electron chi connectivity index (χ4n) is 3.05. The van der Waals surface area contributed by atoms with Gasteiger partial charge < -0.3 is 10.6 Å². The van der Waals surface area contributed by atoms with E-state index in [1.807, 2.05) is 6.07 Å². The van der Waals surface area contributed by atoms with Crippen molar-refractivity contribution in [2.24, 2.45) is 5.92 Å². The van der Waals surface area contributed by atoms with Crippen LogP contribution in [0.25, 0.3) is 0 Å². The maximum atomic E-state index is 13.9. The van der Waals surface area contributed by atoms with E-state index in [2.05, 4.69) is 10.6 Å². The van der Waals surface area contributed by atoms with E-state index in [0.29, 0.717) is 28.7 Å². The summed E-state index contributed by atoms with van der Waals surface area (Å²) in [6, 6.07) is 9.27. The number of carbonyl (C=O) groups is 1. The van der Waals surface area contributed by atoms with E-state index in [0.717, 1.165) is 24.6 Å². The Morgan fingerprint density at radius 3 is 2.60 bits per heavy atom. The molecule has 0 bridgehead atoms. The largest absolute Gasteiger partial charge is 0.381 e. The van der Waals surface area contributed by atoms with Crippen molar-refractivity contribution in [2.75, 3.05) is 10.6 Å². The Hall–Kier alpha value is -2.14. The maximum absolute atomic E-state index is 13.9. The highest BCUT2D eigenvalue weighted by Crippen LogP contribution is 2.49. The Balaban J connectivity index is 1.47. The van der Waals surface area contributed by atoms with Crippen LogP contribution in [0.1, 0.15) is 30.7 Å². The van der Waals surface area contributed by atoms with Crippen LogP contribution >= 0.6 is 11.6 Å². The minimum Gasteiger partial charge on any atom is -0.381 e. The first-order valence-electron chi connectivity index (χ1n) is 8.33. The molecule has 0 heterocycles. The Labute approximate surface area is 149 Å². The molecule has 2 aliphatic carbocycles. The minimum atomic E-state index is -0.613. The lowest BCUT2D eigenvalue weighted by atomic mass is 10.1. The summed E-state index contributed by atoms with van der Waals surface area (Å²) >= 11 is 6.04. The van der Waals surface area contributed by atoms with Crippen molar-refractivity contribution in [2.45, 2.75) is 31.2 Å². The second kappa shape index (κ2) is 6.30. The molecule has 0 aromatic heterocycles. The smallest absolute Gasteiger partial charge is 0.228 e. The van der Waals surface area contributed by atoms with Gasteiger partial charge in [0.05, 0.1) is 11.4 Å². The second-order valence-electron chi connectivity index (χ2n) is 6.71. The lowest BCUT2D eigenvalue weighted by Gasteiger charge is -2.13. The molecular weight excluding hydrogens is 346 g/mol. The molecule has 2 atom stereocenters. The summed E-state index contributed by atoms with van der Waals surface area (Å²) in [6.45, 7) is 0. The summed E-state index contributed by atoms with van der Waals surface area (Å²) in [5.41, 5.74) is 1.86. The van der Waals surface area contributed by atoms with Gasteiger partial charge in [-0.05, 0) is 55.0 Å². The third kappa shape index (κ3) is 3.61. The van der Waals surface area contributed by atoms with Crippen molar-refractivity contribution in [3.05, 3.63) is 58.6 Å². The van der Waals surface area contributed by atoms with Gasteiger partial charge in [-0.15, -0.1) is 0 Å². The van der Waals surface area contributed by atoms with Crippen molar-refractivity contribution in [3.8, 4) is 0 Å². The van der Waals surface area contributed by atoms with Gasteiger partial charge >= 0.3 is 0 Å². The lowest BCUT2D eigenvalue weighted by molar-refractivity contribution is -0.117. The molecule has 130 valence electrons. The maximum Gasteiger partial charge on any atom is 0.228 e. The fraction of sp³-hybridized carbons (Fsp3) is 0.316. The Morgan fingerprint density at radius 1 is 1.08 bits per heavy atom. The van der Waals surface area contributed by atoms with E-state index < -0.39 is 11.6 Å². The highest BCUT2D eigenvalue weighted by Gasteiger charge is 2.45. The van der Waals surface area contributed by atoms with Crippen LogP contribution in [0.2, 0.25) is 5.02 Å². The van der Waals surface area contributed by atoms with E-state index >= 15 is 0 Å². The Bertz CT molecular complexity index is 838. The molecule has 0 radical (unpaired) electrons. The number of hydrogen-bond acceptors (Lipinski definition) is 2. The van der Waals surface area contributed by atoms with Crippen LogP contribution in [0.3, 0.4) is 0 Å². The SMILES string of the molecule is O=C(Nc1cc(Cl)ccc1NC1CC1)C1CC1c1ccc(F)cc1F. The summed E-state index contributed by atoms with van der Waals surface area (Å²) in [4.78, 5) is 12.5. The first kappa shape index (κ1) is 16.3. The molecular formula is C19H17ClF2N2O. The lowest BCUT2D eigenvalue weighted by Crippen LogP contribution is -2.16. The fourth-order valence-corrected chi connectivity index (χ4v) is 3.22. The van der Waals surface area contributed by atoms with Crippen LogP contribution in [-0.2, 0) is 4.79 Å². The minimum absolute atomic E-state index is 0.171. The van der Waals surface area contributed by atoms with Crippen LogP contribution in [-0.4, -0.2) is 11.9 Å². The first-order valence-corrected chi connectivity index (χ1v) is 8.71. The predicted molar refractivity (Wildman–Crippen MR) is 93.9 cm³/mol. The van der Waals surface area contributed by atoms with Gasteiger partial charge in [-0.3, -0.25) is 4.79 Å². The van der Waals surface area contributed by atoms with Gasteiger partial charge in [0.25, 0.3) is 0 Å². The molecule has 2 aromatic carbocycles. The van der Waals surface area contributed by atoms with Gasteiger partial charge in [0.1, 0.15) is 11.6 Å². The van der Waals surface area contributed by atoms with Crippen molar-refractivity contribution >= 4 is 28.9 Å². The third-order valence-corrected chi connectivity index (χ3v) is 4.90. The monoisotopic (exact) mass is 362 g/mol. The first-order chi connectivity index (χ1) is 12.0. The molecule has 2 fully saturated rings. The van der Waals surface area contributed by atoms with Gasteiger partial charge in [-0.2, -0.15) is 0 Å². The van der Waals surface area contributed by atoms with E-state index in [9.17, 15) is 13.6 Å². The van der Waals surface area contributed by atoms with Crippen LogP contribution < -0.4 is 10.6 Å². The molecule has 2 saturated carbocycles. The average molecular weight is 363 g/mol. The van der Waals surface area contributed by atoms with E-state index in [1.54, 1.807) is 12.1 Å². The van der Waals surface area contributed by atoms with Crippen LogP contribution in [0.15, 0.2) is 36.4 Å². The van der Waals surface area contributed by atoms with E-state index in [-0.39, 0.29) is 17.7 Å². The highest BCUT2D eigenvalue weighted by molar-refractivity contribution is 6.31. The Kier molecular flexibility index (Phi) is 4.12. The van der Waals surface area contributed by atoms with E-state index in [1.165, 1.54) is 12.1 Å². The third-order valence-electron chi connectivity index (χ3n) is 4.67. The number of anilines is 2. The summed E-state index contributed by atoms with van der Waals surface area (Å²) in [7, 11) is 0. The summed E-state index contributed by atoms with van der Waals surface area (Å²) in [6.07, 6.45) is 2.79. The number of hydrogen-bond donors (Lipinski definition) is 2. The number of halogens is 3. The van der Waals surface area contributed by atoms with Crippen molar-refractivity contribution < 1.29 is 13.6 Å². The topological polar surface area (TPSA) is 41.1 Å². The van der Waals surface area contributed by atoms with Crippen LogP contribution in [0, 0.1) is 17.6 Å². The summed E-state index contributed by atoms with van der Waals surface area (Å²) in [5.74, 6) is -1.90. The number of nitrogens with one attached hydrogen (secondary N) is 2. The molecule has 1 amide bonds. The zero-order chi connectivity index (χ0) is 17.6. The van der Waals surface area contributed by atoms with Gasteiger partial charge in [-0.1, -0.05) is 17.7 Å². The Morgan fingerprint density at radius 2 is 1.88 bits per heavy atom. The molecule has 2 aromatic rings. The van der Waals surface area contributed by atoms with Crippen molar-refractivity contribution in [1.82, 2.24) is 0 Å². The van der Waals surface area contributed by atoms with Gasteiger partial charge in [0.15, 0.2) is 0 Å². The second-order valence-corrected chi connectivity index (χ2v) is 7.15. The van der Waals surface area contributed by atoms with Crippen molar-refractivity contribution in [3.63, 3.8) is 0 Å². The normalized spacial score (nSPS) is 21.7. The number of amides is 1. The van der Waals surface area contributed by atoms with E-state index in [4.69, 9.17) is 11.6 Å². The van der Waals surface area contributed by atoms with Crippen molar-refractivity contribution in [1.29, 1.82) is 0 Å². The van der Waals surface area contributed by atoms with Gasteiger partial charge in [-0.25, -0.2) is 8.78 Å². The predicted octanol–water partition coefficient (Wildman–Crippen LogP) is 4.93. The highest BCUT2D eigenvalue weighted by atomic mass is 35.5. The number of carbonyl (C=O) groups excluding carboxylic acids is 1. The van der Waals surface area contributed by atoms with Crippen LogP contribution in [0.4, 0.5) is 20.2 Å². The molecule has 0 saturated heterocycles. The van der Waals surface area contributed by atoms with Crippen LogP contribution in [0.5, 0.6) is 0 Å². The molecule has 0 aliphatic heterocycles. The molecule has 2 N–H and O–H groups in total. The molecule has 25 heavy (non-hydrogen) atoms. The molecule has 2 aliphatic rings. The quantitative estimate of drug-likeness (QED) is 0.791. The van der Waals surface area contributed by atoms with Gasteiger partial charge in [0, 0.05) is 23.0 Å². The number of rotatable bonds is 5. The van der Waals surface area contributed by atoms with Gasteiger partial charge in [0.2, 0.25) is 5.91 Å². The molecule has 0 spiro atoms. The average Bonchev–Trinajstić information content (AvgIpc) is 3.44. The molecule has 4 rings (SSSR count). The zero-order valence-electron chi connectivity index (χ0n) is 13.4. The number of benzene rings is 2. The molecule has 6 heteroatoms. The standard InChI is InChI=1S/C19H17ClF2N2O/c20-10-1-6-17(23-12-3-4-12)18(7-10)24-19(25)15-9-14(15)13-5-2-11(21)8-16(13)22/h1-2,5-8,12,14-15,23H,3-4,9H2,(H,24,25). The molecule has 2 unspecified atom stereocenters. The summed E-state index contributed by atoms with van der Waals surface area (Å²) < 4.78 is 26.9. The molecule has 3 nitrogen and oxygen atoms in total. The summed E-state index contributed by atoms with van der Waals surface area (Å²) in [5, 5.41) is 6.79. The zero-order valence-corrected chi connectivity index (χ0v) is 14.1.